The van der Waals surface area contributed by atoms with Crippen molar-refractivity contribution in [3.8, 4) is 0 Å². The summed E-state index contributed by atoms with van der Waals surface area (Å²) in [6.07, 6.45) is 2.39. The number of aromatic nitrogens is 2. The molecule has 0 atom stereocenters. The van der Waals surface area contributed by atoms with Gasteiger partial charge in [0.1, 0.15) is 11.6 Å². The Kier molecular flexibility index (Phi) is 4.86. The molecule has 0 radical (unpaired) electrons. The monoisotopic (exact) mass is 339 g/mol. The van der Waals surface area contributed by atoms with E-state index in [1.54, 1.807) is 12.3 Å². The predicted octanol–water partition coefficient (Wildman–Crippen LogP) is 2.63. The summed E-state index contributed by atoms with van der Waals surface area (Å²) in [6, 6.07) is 4.81. The van der Waals surface area contributed by atoms with Crippen molar-refractivity contribution in [2.24, 2.45) is 5.84 Å². The molecule has 106 valence electrons. The van der Waals surface area contributed by atoms with Crippen molar-refractivity contribution in [1.29, 1.82) is 0 Å². The molecule has 1 aromatic carbocycles. The van der Waals surface area contributed by atoms with Crippen LogP contribution in [0.1, 0.15) is 11.1 Å². The van der Waals surface area contributed by atoms with Crippen molar-refractivity contribution in [2.45, 2.75) is 13.3 Å². The van der Waals surface area contributed by atoms with Crippen LogP contribution in [-0.4, -0.2) is 16.5 Å². The van der Waals surface area contributed by atoms with Crippen LogP contribution in [0.5, 0.6) is 0 Å². The summed E-state index contributed by atoms with van der Waals surface area (Å²) in [5, 5.41) is 3.19. The molecule has 0 aliphatic carbocycles. The third-order valence-electron chi connectivity index (χ3n) is 2.86. The summed E-state index contributed by atoms with van der Waals surface area (Å²) in [5.74, 6) is 6.06. The zero-order valence-electron chi connectivity index (χ0n) is 11.0. The minimum absolute atomic E-state index is 0.212. The number of nitrogens with two attached hydrogens (primary N) is 1. The van der Waals surface area contributed by atoms with Crippen molar-refractivity contribution in [3.05, 3.63) is 45.8 Å². The molecule has 0 saturated carbocycles. The molecule has 0 saturated heterocycles. The number of nitrogen functional groups attached to an aromatic ring is 1. The summed E-state index contributed by atoms with van der Waals surface area (Å²) in [7, 11) is 0. The predicted molar refractivity (Wildman–Crippen MR) is 80.9 cm³/mol. The fraction of sp³-hybridized carbons (Fsp3) is 0.231. The molecule has 0 amide bonds. The van der Waals surface area contributed by atoms with E-state index < -0.39 is 0 Å². The van der Waals surface area contributed by atoms with Crippen LogP contribution in [0.4, 0.5) is 16.2 Å². The van der Waals surface area contributed by atoms with E-state index >= 15 is 0 Å². The van der Waals surface area contributed by atoms with Gasteiger partial charge in [-0.1, -0.05) is 6.07 Å². The van der Waals surface area contributed by atoms with Gasteiger partial charge in [0.2, 0.25) is 5.95 Å². The molecule has 2 rings (SSSR count). The van der Waals surface area contributed by atoms with E-state index in [0.717, 1.165) is 22.0 Å². The van der Waals surface area contributed by atoms with Crippen molar-refractivity contribution in [2.75, 3.05) is 17.3 Å². The number of rotatable bonds is 5. The second-order valence-electron chi connectivity index (χ2n) is 4.28. The van der Waals surface area contributed by atoms with Crippen LogP contribution in [0.15, 0.2) is 28.9 Å². The Morgan fingerprint density at radius 3 is 2.90 bits per heavy atom. The molecule has 4 N–H and O–H groups in total. The average Bonchev–Trinajstić information content (AvgIpc) is 2.43. The molecule has 0 fully saturated rings. The molecule has 0 aliphatic heterocycles. The van der Waals surface area contributed by atoms with Gasteiger partial charge in [0.05, 0.1) is 4.47 Å². The number of aryl methyl sites for hydroxylation is 1. The minimum Gasteiger partial charge on any atom is -0.369 e. The molecule has 0 spiro atoms. The number of hydrogen-bond acceptors (Lipinski definition) is 5. The number of benzene rings is 1. The van der Waals surface area contributed by atoms with Crippen LogP contribution in [0, 0.1) is 12.7 Å². The minimum atomic E-state index is -0.212. The van der Waals surface area contributed by atoms with E-state index in [-0.39, 0.29) is 5.82 Å². The zero-order chi connectivity index (χ0) is 14.5. The highest BCUT2D eigenvalue weighted by atomic mass is 79.9. The molecule has 0 unspecified atom stereocenters. The van der Waals surface area contributed by atoms with Gasteiger partial charge in [0.25, 0.3) is 0 Å². The fourth-order valence-corrected chi connectivity index (χ4v) is 2.15. The Bertz CT molecular complexity index is 605. The Labute approximate surface area is 124 Å². The van der Waals surface area contributed by atoms with E-state index in [2.05, 4.69) is 36.6 Å². The van der Waals surface area contributed by atoms with Gasteiger partial charge >= 0.3 is 0 Å². The van der Waals surface area contributed by atoms with E-state index in [4.69, 9.17) is 5.84 Å². The molecule has 1 aromatic heterocycles. The maximum absolute atomic E-state index is 13.0. The molecular weight excluding hydrogens is 325 g/mol. The lowest BCUT2D eigenvalue weighted by Crippen LogP contribution is -2.13. The van der Waals surface area contributed by atoms with Gasteiger partial charge in [0.15, 0.2) is 0 Å². The van der Waals surface area contributed by atoms with Crippen LogP contribution in [0.3, 0.4) is 0 Å². The number of nitrogens with zero attached hydrogens (tertiary/aromatic N) is 2. The van der Waals surface area contributed by atoms with Crippen LogP contribution in [0.2, 0.25) is 0 Å². The molecule has 2 aromatic rings. The first-order chi connectivity index (χ1) is 9.60. The van der Waals surface area contributed by atoms with Crippen molar-refractivity contribution < 1.29 is 4.39 Å². The van der Waals surface area contributed by atoms with Crippen LogP contribution in [-0.2, 0) is 6.42 Å². The Hall–Kier alpha value is -1.73. The van der Waals surface area contributed by atoms with Gasteiger partial charge in [-0.05, 0) is 52.5 Å². The summed E-state index contributed by atoms with van der Waals surface area (Å²) in [5.41, 5.74) is 4.43. The number of hydrazine groups is 1. The van der Waals surface area contributed by atoms with Gasteiger partial charge in [0, 0.05) is 12.7 Å². The topological polar surface area (TPSA) is 75.9 Å². The van der Waals surface area contributed by atoms with Gasteiger partial charge in [-0.15, -0.1) is 0 Å². The Balaban J connectivity index is 1.99. The molecular formula is C13H15BrFN5. The first kappa shape index (κ1) is 14.7. The Morgan fingerprint density at radius 1 is 1.40 bits per heavy atom. The van der Waals surface area contributed by atoms with Gasteiger partial charge in [-0.2, -0.15) is 4.98 Å². The molecule has 0 bridgehead atoms. The second-order valence-corrected chi connectivity index (χ2v) is 5.14. The maximum atomic E-state index is 13.0. The van der Waals surface area contributed by atoms with E-state index in [1.807, 2.05) is 6.92 Å². The van der Waals surface area contributed by atoms with E-state index in [1.165, 1.54) is 12.1 Å². The fourth-order valence-electron chi connectivity index (χ4n) is 1.82. The third-order valence-corrected chi connectivity index (χ3v) is 3.44. The lowest BCUT2D eigenvalue weighted by Gasteiger charge is -2.10. The SMILES string of the molecule is Cc1cc(F)ccc1CCNc1nc(NN)ncc1Br. The van der Waals surface area contributed by atoms with Crippen LogP contribution >= 0.6 is 15.9 Å². The van der Waals surface area contributed by atoms with Crippen molar-refractivity contribution in [3.63, 3.8) is 0 Å². The smallest absolute Gasteiger partial charge is 0.239 e. The van der Waals surface area contributed by atoms with Crippen molar-refractivity contribution >= 4 is 27.7 Å². The molecule has 1 heterocycles. The third kappa shape index (κ3) is 3.64. The van der Waals surface area contributed by atoms with Gasteiger partial charge in [-0.3, -0.25) is 5.43 Å². The number of nitrogens with one attached hydrogen (secondary N) is 2. The highest BCUT2D eigenvalue weighted by molar-refractivity contribution is 9.10. The second kappa shape index (κ2) is 6.62. The van der Waals surface area contributed by atoms with Gasteiger partial charge in [-0.25, -0.2) is 15.2 Å². The number of halogens is 2. The number of hydrogen-bond donors (Lipinski definition) is 3. The van der Waals surface area contributed by atoms with Crippen LogP contribution in [0.25, 0.3) is 0 Å². The van der Waals surface area contributed by atoms with Crippen molar-refractivity contribution in [1.82, 2.24) is 9.97 Å². The summed E-state index contributed by atoms with van der Waals surface area (Å²) in [6.45, 7) is 2.57. The highest BCUT2D eigenvalue weighted by Crippen LogP contribution is 2.20. The highest BCUT2D eigenvalue weighted by Gasteiger charge is 2.05. The first-order valence-corrected chi connectivity index (χ1v) is 6.87. The lowest BCUT2D eigenvalue weighted by atomic mass is 10.1. The summed E-state index contributed by atoms with van der Waals surface area (Å²) in [4.78, 5) is 8.17. The standard InChI is InChI=1S/C13H15BrFN5/c1-8-6-10(15)3-2-9(8)4-5-17-12-11(14)7-18-13(19-12)20-16/h2-3,6-7H,4-5,16H2,1H3,(H2,17,18,19,20). The quantitative estimate of drug-likeness (QED) is 0.576. The van der Waals surface area contributed by atoms with E-state index in [9.17, 15) is 4.39 Å². The van der Waals surface area contributed by atoms with E-state index in [0.29, 0.717) is 18.3 Å². The zero-order valence-corrected chi connectivity index (χ0v) is 12.5. The summed E-state index contributed by atoms with van der Waals surface area (Å²) < 4.78 is 13.8. The lowest BCUT2D eigenvalue weighted by molar-refractivity contribution is 0.625. The normalized spacial score (nSPS) is 10.4. The molecule has 5 nitrogen and oxygen atoms in total. The largest absolute Gasteiger partial charge is 0.369 e. The van der Waals surface area contributed by atoms with Crippen LogP contribution < -0.4 is 16.6 Å². The number of anilines is 2. The van der Waals surface area contributed by atoms with Gasteiger partial charge < -0.3 is 5.32 Å². The molecule has 0 aliphatic rings. The first-order valence-electron chi connectivity index (χ1n) is 6.08. The maximum Gasteiger partial charge on any atom is 0.239 e. The molecule has 20 heavy (non-hydrogen) atoms. The molecule has 7 heteroatoms. The Morgan fingerprint density at radius 2 is 2.20 bits per heavy atom. The average molecular weight is 340 g/mol. The summed E-state index contributed by atoms with van der Waals surface area (Å²) >= 11 is 3.36.